The van der Waals surface area contributed by atoms with Crippen molar-refractivity contribution >= 4 is 19.8 Å². The molecular formula is C44H86NO8P. The minimum atomic E-state index is -4.62. The summed E-state index contributed by atoms with van der Waals surface area (Å²) in [6.45, 7) is 4.23. The number of carbonyl (C=O) groups excluding carboxylic acids is 2. The third-order valence-electron chi connectivity index (χ3n) is 9.79. The van der Waals surface area contributed by atoms with E-state index in [1.807, 2.05) is 21.1 Å². The van der Waals surface area contributed by atoms with Gasteiger partial charge in [0.05, 0.1) is 27.7 Å². The van der Waals surface area contributed by atoms with Crippen LogP contribution < -0.4 is 4.89 Å². The second-order valence-corrected chi connectivity index (χ2v) is 17.8. The number of carbonyl (C=O) groups is 2. The highest BCUT2D eigenvalue weighted by Gasteiger charge is 2.21. The van der Waals surface area contributed by atoms with E-state index in [1.54, 1.807) is 0 Å². The summed E-state index contributed by atoms with van der Waals surface area (Å²) in [7, 11) is 1.17. The van der Waals surface area contributed by atoms with Gasteiger partial charge in [-0.3, -0.25) is 14.2 Å². The molecule has 0 radical (unpaired) electrons. The molecule has 2 unspecified atom stereocenters. The van der Waals surface area contributed by atoms with Crippen LogP contribution in [0.3, 0.4) is 0 Å². The van der Waals surface area contributed by atoms with Gasteiger partial charge in [0.2, 0.25) is 0 Å². The van der Waals surface area contributed by atoms with Crippen molar-refractivity contribution in [3.8, 4) is 0 Å². The quantitative estimate of drug-likeness (QED) is 0.0198. The Hall–Kier alpha value is -1.25. The molecule has 0 N–H and O–H groups in total. The Balaban J connectivity index is 4.32. The summed E-state index contributed by atoms with van der Waals surface area (Å²) in [4.78, 5) is 37.5. The summed E-state index contributed by atoms with van der Waals surface area (Å²) in [5.74, 6) is -0.828. The first kappa shape index (κ1) is 52.8. The molecule has 0 fully saturated rings. The molecule has 320 valence electrons. The largest absolute Gasteiger partial charge is 0.756 e. The molecule has 9 nitrogen and oxygen atoms in total. The standard InChI is InChI=1S/C44H86NO8P/c1-6-8-10-12-14-16-18-20-22-24-26-28-30-32-34-36-43(46)50-40-42(41-52-54(48,49)51-39-38-45(3,4)5)53-44(47)37-35-33-31-29-27-25-23-21-19-17-15-13-11-9-7-2/h15,17,42H,6-14,16,18-41H2,1-5H3/b17-15-. The normalized spacial score (nSPS) is 13.7. The molecule has 0 rings (SSSR count). The van der Waals surface area contributed by atoms with Crippen LogP contribution in [-0.2, 0) is 32.7 Å². The maximum atomic E-state index is 12.7. The number of esters is 2. The molecule has 0 saturated heterocycles. The van der Waals surface area contributed by atoms with Crippen molar-refractivity contribution in [2.24, 2.45) is 0 Å². The summed E-state index contributed by atoms with van der Waals surface area (Å²) in [6.07, 6.45) is 38.0. The Kier molecular flexibility index (Phi) is 36.5. The van der Waals surface area contributed by atoms with Gasteiger partial charge in [-0.2, -0.15) is 0 Å². The van der Waals surface area contributed by atoms with Crippen molar-refractivity contribution in [3.05, 3.63) is 12.2 Å². The first-order chi connectivity index (χ1) is 26.0. The van der Waals surface area contributed by atoms with Crippen LogP contribution in [0.4, 0.5) is 0 Å². The van der Waals surface area contributed by atoms with Crippen LogP contribution in [0.25, 0.3) is 0 Å². The van der Waals surface area contributed by atoms with Crippen molar-refractivity contribution < 1.29 is 42.1 Å². The van der Waals surface area contributed by atoms with E-state index in [4.69, 9.17) is 18.5 Å². The van der Waals surface area contributed by atoms with Crippen LogP contribution in [0.15, 0.2) is 12.2 Å². The van der Waals surface area contributed by atoms with Gasteiger partial charge in [0, 0.05) is 12.8 Å². The predicted octanol–water partition coefficient (Wildman–Crippen LogP) is 11.9. The molecule has 0 spiro atoms. The molecule has 0 aromatic heterocycles. The summed E-state index contributed by atoms with van der Waals surface area (Å²) in [5, 5.41) is 0. The molecular weight excluding hydrogens is 701 g/mol. The monoisotopic (exact) mass is 788 g/mol. The second kappa shape index (κ2) is 37.3. The van der Waals surface area contributed by atoms with Gasteiger partial charge < -0.3 is 27.9 Å². The molecule has 0 bridgehead atoms. The van der Waals surface area contributed by atoms with Gasteiger partial charge in [0.25, 0.3) is 7.82 Å². The van der Waals surface area contributed by atoms with Crippen LogP contribution in [0, 0.1) is 0 Å². The number of allylic oxidation sites excluding steroid dienone is 2. The minimum absolute atomic E-state index is 0.0283. The van der Waals surface area contributed by atoms with Crippen LogP contribution in [0.5, 0.6) is 0 Å². The highest BCUT2D eigenvalue weighted by molar-refractivity contribution is 7.45. The summed E-state index contributed by atoms with van der Waals surface area (Å²) in [6, 6.07) is 0. The number of unbranched alkanes of at least 4 members (excludes halogenated alkanes) is 25. The zero-order chi connectivity index (χ0) is 40.0. The highest BCUT2D eigenvalue weighted by atomic mass is 31.2. The van der Waals surface area contributed by atoms with Gasteiger partial charge in [0.1, 0.15) is 19.8 Å². The molecule has 0 aliphatic carbocycles. The fraction of sp³-hybridized carbons (Fsp3) is 0.909. The van der Waals surface area contributed by atoms with Crippen LogP contribution in [0.2, 0.25) is 0 Å². The summed E-state index contributed by atoms with van der Waals surface area (Å²) < 4.78 is 33.9. The van der Waals surface area contributed by atoms with Gasteiger partial charge in [-0.1, -0.05) is 167 Å². The van der Waals surface area contributed by atoms with E-state index in [0.717, 1.165) is 38.5 Å². The van der Waals surface area contributed by atoms with Gasteiger partial charge in [-0.15, -0.1) is 0 Å². The lowest BCUT2D eigenvalue weighted by atomic mass is 10.0. The topological polar surface area (TPSA) is 111 Å². The van der Waals surface area contributed by atoms with Gasteiger partial charge >= 0.3 is 11.9 Å². The molecule has 0 heterocycles. The number of rotatable bonds is 41. The van der Waals surface area contributed by atoms with E-state index in [2.05, 4.69) is 26.0 Å². The first-order valence-electron chi connectivity index (χ1n) is 22.4. The number of likely N-dealkylation sites (N-methyl/N-ethyl adjacent to an activating group) is 1. The smallest absolute Gasteiger partial charge is 0.306 e. The Labute approximate surface area is 333 Å². The number of phosphoric ester groups is 1. The summed E-state index contributed by atoms with van der Waals surface area (Å²) >= 11 is 0. The zero-order valence-corrected chi connectivity index (χ0v) is 36.8. The molecule has 0 amide bonds. The van der Waals surface area contributed by atoms with Crippen molar-refractivity contribution in [2.45, 2.75) is 213 Å². The average molecular weight is 788 g/mol. The summed E-state index contributed by atoms with van der Waals surface area (Å²) in [5.41, 5.74) is 0. The van der Waals surface area contributed by atoms with E-state index < -0.39 is 26.5 Å². The number of phosphoric acid groups is 1. The van der Waals surface area contributed by atoms with Crippen molar-refractivity contribution in [1.82, 2.24) is 0 Å². The molecule has 10 heteroatoms. The van der Waals surface area contributed by atoms with E-state index in [0.29, 0.717) is 17.4 Å². The zero-order valence-electron chi connectivity index (χ0n) is 35.9. The number of hydrogen-bond donors (Lipinski definition) is 0. The maximum absolute atomic E-state index is 12.7. The van der Waals surface area contributed by atoms with Crippen molar-refractivity contribution in [3.63, 3.8) is 0 Å². The average Bonchev–Trinajstić information content (AvgIpc) is 3.12. The van der Waals surface area contributed by atoms with Crippen LogP contribution >= 0.6 is 7.82 Å². The lowest BCUT2D eigenvalue weighted by molar-refractivity contribution is -0.870. The SMILES string of the molecule is CCCCC/C=C\CCCCCCCCCCC(=O)OC(COC(=O)CCCCCCCCCCCCCCCCC)COP(=O)([O-])OCC[N+](C)(C)C. The van der Waals surface area contributed by atoms with Gasteiger partial charge in [-0.25, -0.2) is 0 Å². The highest BCUT2D eigenvalue weighted by Crippen LogP contribution is 2.38. The third-order valence-corrected chi connectivity index (χ3v) is 10.7. The Morgan fingerprint density at radius 1 is 0.556 bits per heavy atom. The Bertz CT molecular complexity index is 938. The molecule has 0 aromatic carbocycles. The maximum Gasteiger partial charge on any atom is 0.306 e. The number of hydrogen-bond acceptors (Lipinski definition) is 8. The third kappa shape index (κ3) is 40.4. The Morgan fingerprint density at radius 2 is 0.944 bits per heavy atom. The fourth-order valence-corrected chi connectivity index (χ4v) is 6.97. The van der Waals surface area contributed by atoms with E-state index in [1.165, 1.54) is 135 Å². The van der Waals surface area contributed by atoms with Crippen LogP contribution in [-0.4, -0.2) is 70.0 Å². The number of nitrogens with zero attached hydrogens (tertiary/aromatic N) is 1. The Morgan fingerprint density at radius 3 is 1.41 bits per heavy atom. The molecule has 0 aliphatic heterocycles. The van der Waals surface area contributed by atoms with E-state index >= 15 is 0 Å². The van der Waals surface area contributed by atoms with Crippen LogP contribution in [0.1, 0.15) is 206 Å². The van der Waals surface area contributed by atoms with Crippen molar-refractivity contribution in [2.75, 3.05) is 47.5 Å². The van der Waals surface area contributed by atoms with Gasteiger partial charge in [0.15, 0.2) is 6.10 Å². The van der Waals surface area contributed by atoms with Gasteiger partial charge in [-0.05, 0) is 38.5 Å². The number of ether oxygens (including phenoxy) is 2. The lowest BCUT2D eigenvalue weighted by Gasteiger charge is -2.28. The first-order valence-corrected chi connectivity index (χ1v) is 23.9. The molecule has 0 aromatic rings. The fourth-order valence-electron chi connectivity index (χ4n) is 6.24. The lowest BCUT2D eigenvalue weighted by Crippen LogP contribution is -2.37. The van der Waals surface area contributed by atoms with E-state index in [9.17, 15) is 19.0 Å². The predicted molar refractivity (Wildman–Crippen MR) is 222 cm³/mol. The molecule has 2 atom stereocenters. The van der Waals surface area contributed by atoms with E-state index in [-0.39, 0.29) is 32.0 Å². The number of quaternary nitrogens is 1. The molecule has 0 saturated carbocycles. The minimum Gasteiger partial charge on any atom is -0.756 e. The molecule has 0 aliphatic rings. The second-order valence-electron chi connectivity index (χ2n) is 16.4. The molecule has 54 heavy (non-hydrogen) atoms. The van der Waals surface area contributed by atoms with Crippen molar-refractivity contribution in [1.29, 1.82) is 0 Å².